The Labute approximate surface area is 171 Å². The first-order valence-electron chi connectivity index (χ1n) is 9.98. The standard InChI is InChI=1S/C23H27FN2O2S/c1-15-21(18-6-4-5-7-20(18)26-15)22-19(23(22,2)3)12-13-25-14-29(27,28)17-10-8-16(24)9-11-17/h4-11,19,22,25-26H,12-14H2,1-3H3/t19-,22+/m1/s1. The first-order chi connectivity index (χ1) is 13.7. The Bertz CT molecular complexity index is 1130. The monoisotopic (exact) mass is 414 g/mol. The van der Waals surface area contributed by atoms with E-state index in [1.807, 2.05) is 6.07 Å². The van der Waals surface area contributed by atoms with Crippen molar-refractivity contribution in [2.45, 2.75) is 38.0 Å². The highest BCUT2D eigenvalue weighted by Gasteiger charge is 2.58. The van der Waals surface area contributed by atoms with Crippen LogP contribution in [0, 0.1) is 24.1 Å². The first kappa shape index (κ1) is 20.1. The van der Waals surface area contributed by atoms with E-state index in [4.69, 9.17) is 0 Å². The number of H-pyrrole nitrogens is 1. The molecule has 4 rings (SSSR count). The van der Waals surface area contributed by atoms with Gasteiger partial charge in [0.25, 0.3) is 0 Å². The van der Waals surface area contributed by atoms with Crippen molar-refractivity contribution in [3.05, 3.63) is 65.6 Å². The second kappa shape index (κ2) is 7.26. The lowest BCUT2D eigenvalue weighted by Gasteiger charge is -2.07. The molecule has 0 bridgehead atoms. The number of benzene rings is 2. The van der Waals surface area contributed by atoms with Crippen molar-refractivity contribution in [3.8, 4) is 0 Å². The zero-order chi connectivity index (χ0) is 20.8. The molecule has 154 valence electrons. The molecule has 0 radical (unpaired) electrons. The molecule has 1 aromatic heterocycles. The smallest absolute Gasteiger partial charge is 0.191 e. The van der Waals surface area contributed by atoms with Crippen LogP contribution in [0.3, 0.4) is 0 Å². The third kappa shape index (κ3) is 3.71. The van der Waals surface area contributed by atoms with Crippen molar-refractivity contribution >= 4 is 20.7 Å². The van der Waals surface area contributed by atoms with Crippen LogP contribution < -0.4 is 5.32 Å². The topological polar surface area (TPSA) is 62.0 Å². The molecule has 2 N–H and O–H groups in total. The van der Waals surface area contributed by atoms with Gasteiger partial charge in [-0.05, 0) is 73.0 Å². The molecule has 1 saturated carbocycles. The number of hydrogen-bond donors (Lipinski definition) is 2. The number of fused-ring (bicyclic) bond motifs is 1. The fourth-order valence-electron chi connectivity index (χ4n) is 4.74. The lowest BCUT2D eigenvalue weighted by Crippen LogP contribution is -2.24. The zero-order valence-electron chi connectivity index (χ0n) is 17.0. The maximum atomic E-state index is 13.0. The van der Waals surface area contributed by atoms with Gasteiger partial charge in [0, 0.05) is 16.6 Å². The molecule has 1 heterocycles. The summed E-state index contributed by atoms with van der Waals surface area (Å²) >= 11 is 0. The zero-order valence-corrected chi connectivity index (χ0v) is 17.8. The molecule has 1 aliphatic rings. The van der Waals surface area contributed by atoms with Crippen LogP contribution in [0.1, 0.15) is 37.4 Å². The van der Waals surface area contributed by atoms with Crippen LogP contribution in [0.5, 0.6) is 0 Å². The summed E-state index contributed by atoms with van der Waals surface area (Å²) in [5.74, 6) is 0.393. The largest absolute Gasteiger partial charge is 0.358 e. The molecule has 1 fully saturated rings. The summed E-state index contributed by atoms with van der Waals surface area (Å²) < 4.78 is 37.8. The fraction of sp³-hybridized carbons (Fsp3) is 0.391. The highest BCUT2D eigenvalue weighted by atomic mass is 32.2. The molecule has 1 aliphatic carbocycles. The van der Waals surface area contributed by atoms with Gasteiger partial charge < -0.3 is 10.3 Å². The lowest BCUT2D eigenvalue weighted by molar-refractivity contribution is 0.516. The molecule has 3 aromatic rings. The number of aromatic amines is 1. The van der Waals surface area contributed by atoms with Crippen LogP contribution in [-0.4, -0.2) is 25.8 Å². The van der Waals surface area contributed by atoms with Crippen molar-refractivity contribution in [1.82, 2.24) is 10.3 Å². The molecule has 0 unspecified atom stereocenters. The van der Waals surface area contributed by atoms with Crippen LogP contribution in [-0.2, 0) is 9.84 Å². The van der Waals surface area contributed by atoms with Crippen LogP contribution in [0.2, 0.25) is 0 Å². The quantitative estimate of drug-likeness (QED) is 0.433. The van der Waals surface area contributed by atoms with Gasteiger partial charge in [-0.2, -0.15) is 0 Å². The summed E-state index contributed by atoms with van der Waals surface area (Å²) in [5.41, 5.74) is 3.98. The molecule has 0 saturated heterocycles. The van der Waals surface area contributed by atoms with Gasteiger partial charge in [0.05, 0.1) is 4.90 Å². The van der Waals surface area contributed by atoms with Crippen molar-refractivity contribution < 1.29 is 12.8 Å². The summed E-state index contributed by atoms with van der Waals surface area (Å²) in [4.78, 5) is 3.64. The minimum absolute atomic E-state index is 0.136. The SMILES string of the molecule is Cc1[nH]c2ccccc2c1[C@@H]1[C@@H](CCNCS(=O)(=O)c2ccc(F)cc2)C1(C)C. The van der Waals surface area contributed by atoms with E-state index in [0.717, 1.165) is 6.42 Å². The number of hydrogen-bond acceptors (Lipinski definition) is 3. The van der Waals surface area contributed by atoms with E-state index in [-0.39, 0.29) is 16.2 Å². The van der Waals surface area contributed by atoms with Crippen molar-refractivity contribution in [1.29, 1.82) is 0 Å². The number of halogens is 1. The van der Waals surface area contributed by atoms with Gasteiger partial charge >= 0.3 is 0 Å². The highest BCUT2D eigenvalue weighted by Crippen LogP contribution is 2.67. The van der Waals surface area contributed by atoms with Crippen molar-refractivity contribution in [2.75, 3.05) is 12.4 Å². The number of rotatable bonds is 7. The Morgan fingerprint density at radius 3 is 2.52 bits per heavy atom. The van der Waals surface area contributed by atoms with E-state index < -0.39 is 15.7 Å². The van der Waals surface area contributed by atoms with Crippen LogP contribution in [0.15, 0.2) is 53.4 Å². The van der Waals surface area contributed by atoms with Crippen LogP contribution in [0.25, 0.3) is 10.9 Å². The molecule has 0 aliphatic heterocycles. The number of aryl methyl sites for hydroxylation is 1. The predicted molar refractivity (Wildman–Crippen MR) is 114 cm³/mol. The highest BCUT2D eigenvalue weighted by molar-refractivity contribution is 7.91. The van der Waals surface area contributed by atoms with Gasteiger partial charge in [-0.3, -0.25) is 0 Å². The van der Waals surface area contributed by atoms with E-state index in [1.165, 1.54) is 46.4 Å². The minimum atomic E-state index is -3.46. The minimum Gasteiger partial charge on any atom is -0.358 e. The van der Waals surface area contributed by atoms with Crippen LogP contribution in [0.4, 0.5) is 4.39 Å². The maximum Gasteiger partial charge on any atom is 0.191 e. The van der Waals surface area contributed by atoms with Gasteiger partial charge in [-0.15, -0.1) is 0 Å². The van der Waals surface area contributed by atoms with E-state index in [0.29, 0.717) is 18.4 Å². The molecule has 2 aromatic carbocycles. The third-order valence-electron chi connectivity index (χ3n) is 6.40. The first-order valence-corrected chi connectivity index (χ1v) is 11.6. The average Bonchev–Trinajstić information content (AvgIpc) is 3.03. The Morgan fingerprint density at radius 1 is 1.10 bits per heavy atom. The molecule has 2 atom stereocenters. The Balaban J connectivity index is 1.39. The van der Waals surface area contributed by atoms with Gasteiger partial charge in [0.15, 0.2) is 9.84 Å². The molecular weight excluding hydrogens is 387 g/mol. The Hall–Kier alpha value is -2.18. The summed E-state index contributed by atoms with van der Waals surface area (Å²) in [6.45, 7) is 7.35. The summed E-state index contributed by atoms with van der Waals surface area (Å²) in [6, 6.07) is 13.4. The average molecular weight is 415 g/mol. The lowest BCUT2D eigenvalue weighted by atomic mass is 10.0. The van der Waals surface area contributed by atoms with Gasteiger partial charge in [-0.25, -0.2) is 12.8 Å². The molecule has 29 heavy (non-hydrogen) atoms. The summed E-state index contributed by atoms with van der Waals surface area (Å²) in [6.07, 6.45) is 0.912. The molecule has 4 nitrogen and oxygen atoms in total. The predicted octanol–water partition coefficient (Wildman–Crippen LogP) is 4.77. The van der Waals surface area contributed by atoms with E-state index in [9.17, 15) is 12.8 Å². The Morgan fingerprint density at radius 2 is 1.79 bits per heavy atom. The molecule has 0 amide bonds. The van der Waals surface area contributed by atoms with E-state index >= 15 is 0 Å². The molecular formula is C23H27FN2O2S. The number of sulfone groups is 1. The molecule has 6 heteroatoms. The Kier molecular flexibility index (Phi) is 5.03. The normalized spacial score (nSPS) is 20.8. The van der Waals surface area contributed by atoms with Crippen LogP contribution >= 0.6 is 0 Å². The second-order valence-electron chi connectivity index (χ2n) is 8.62. The van der Waals surface area contributed by atoms with Gasteiger partial charge in [0.2, 0.25) is 0 Å². The second-order valence-corrected chi connectivity index (χ2v) is 10.6. The third-order valence-corrected chi connectivity index (χ3v) is 7.98. The number of para-hydroxylation sites is 1. The summed E-state index contributed by atoms with van der Waals surface area (Å²) in [7, 11) is -3.46. The fourth-order valence-corrected chi connectivity index (χ4v) is 5.87. The maximum absolute atomic E-state index is 13.0. The van der Waals surface area contributed by atoms with E-state index in [2.05, 4.69) is 49.3 Å². The van der Waals surface area contributed by atoms with E-state index in [1.54, 1.807) is 0 Å². The van der Waals surface area contributed by atoms with Crippen molar-refractivity contribution in [2.24, 2.45) is 11.3 Å². The number of nitrogens with one attached hydrogen (secondary N) is 2. The van der Waals surface area contributed by atoms with Gasteiger partial charge in [0.1, 0.15) is 11.7 Å². The molecule has 0 spiro atoms. The number of aromatic nitrogens is 1. The van der Waals surface area contributed by atoms with Crippen molar-refractivity contribution in [3.63, 3.8) is 0 Å². The van der Waals surface area contributed by atoms with Gasteiger partial charge in [-0.1, -0.05) is 32.0 Å². The summed E-state index contributed by atoms with van der Waals surface area (Å²) in [5, 5.41) is 4.37.